The van der Waals surface area contributed by atoms with Crippen molar-refractivity contribution in [3.8, 4) is 11.5 Å². The molecule has 6 heteroatoms. The Kier molecular flexibility index (Phi) is 7.85. The summed E-state index contributed by atoms with van der Waals surface area (Å²) < 4.78 is 11.5. The number of hydrogen-bond donors (Lipinski definition) is 2. The van der Waals surface area contributed by atoms with Gasteiger partial charge in [0.2, 0.25) is 5.91 Å². The van der Waals surface area contributed by atoms with Crippen LogP contribution in [-0.4, -0.2) is 32.2 Å². The Morgan fingerprint density at radius 3 is 2.64 bits per heavy atom. The first-order chi connectivity index (χ1) is 11.7. The molecule has 0 bridgehead atoms. The molecule has 1 amide bonds. The number of halogens is 1. The number of amides is 1. The SMILES string of the molecule is COc1ccc(CNC(=O)CNCC2CC2)c(OC2CCCC2)c1.Cl. The van der Waals surface area contributed by atoms with Gasteiger partial charge in [0, 0.05) is 18.2 Å². The summed E-state index contributed by atoms with van der Waals surface area (Å²) >= 11 is 0. The van der Waals surface area contributed by atoms with E-state index in [0.29, 0.717) is 13.1 Å². The quantitative estimate of drug-likeness (QED) is 0.703. The van der Waals surface area contributed by atoms with Gasteiger partial charge in [0.25, 0.3) is 0 Å². The maximum Gasteiger partial charge on any atom is 0.234 e. The van der Waals surface area contributed by atoms with Gasteiger partial charge in [-0.2, -0.15) is 0 Å². The maximum atomic E-state index is 12.0. The van der Waals surface area contributed by atoms with Crippen LogP contribution in [0.3, 0.4) is 0 Å². The lowest BCUT2D eigenvalue weighted by Gasteiger charge is -2.18. The molecule has 2 N–H and O–H groups in total. The van der Waals surface area contributed by atoms with Gasteiger partial charge in [0.15, 0.2) is 0 Å². The molecule has 5 nitrogen and oxygen atoms in total. The number of carbonyl (C=O) groups is 1. The Morgan fingerprint density at radius 2 is 1.96 bits per heavy atom. The summed E-state index contributed by atoms with van der Waals surface area (Å²) in [6.07, 6.45) is 7.54. The molecule has 2 saturated carbocycles. The minimum atomic E-state index is 0. The second-order valence-corrected chi connectivity index (χ2v) is 6.85. The lowest BCUT2D eigenvalue weighted by molar-refractivity contribution is -0.120. The highest BCUT2D eigenvalue weighted by atomic mass is 35.5. The van der Waals surface area contributed by atoms with E-state index in [1.54, 1.807) is 7.11 Å². The highest BCUT2D eigenvalue weighted by Crippen LogP contribution is 2.30. The summed E-state index contributed by atoms with van der Waals surface area (Å²) in [5, 5.41) is 6.19. The topological polar surface area (TPSA) is 59.6 Å². The van der Waals surface area contributed by atoms with E-state index in [4.69, 9.17) is 9.47 Å². The van der Waals surface area contributed by atoms with Crippen molar-refractivity contribution in [2.75, 3.05) is 20.2 Å². The van der Waals surface area contributed by atoms with Gasteiger partial charge in [-0.1, -0.05) is 0 Å². The van der Waals surface area contributed by atoms with Crippen molar-refractivity contribution in [1.29, 1.82) is 0 Å². The molecule has 0 saturated heterocycles. The van der Waals surface area contributed by atoms with Crippen molar-refractivity contribution in [2.45, 2.75) is 51.2 Å². The zero-order valence-electron chi connectivity index (χ0n) is 14.9. The van der Waals surface area contributed by atoms with E-state index in [-0.39, 0.29) is 24.4 Å². The van der Waals surface area contributed by atoms with Crippen molar-refractivity contribution in [1.82, 2.24) is 10.6 Å². The van der Waals surface area contributed by atoms with Gasteiger partial charge in [-0.3, -0.25) is 4.79 Å². The van der Waals surface area contributed by atoms with Gasteiger partial charge < -0.3 is 20.1 Å². The number of rotatable bonds is 9. The predicted molar refractivity (Wildman–Crippen MR) is 101 cm³/mol. The third-order valence-corrected chi connectivity index (χ3v) is 4.76. The lowest BCUT2D eigenvalue weighted by atomic mass is 10.1. The van der Waals surface area contributed by atoms with E-state index in [1.807, 2.05) is 18.2 Å². The molecule has 1 aromatic carbocycles. The van der Waals surface area contributed by atoms with Crippen molar-refractivity contribution in [3.05, 3.63) is 23.8 Å². The fourth-order valence-corrected chi connectivity index (χ4v) is 3.07. The summed E-state index contributed by atoms with van der Waals surface area (Å²) in [5.41, 5.74) is 0.998. The average molecular weight is 369 g/mol. The van der Waals surface area contributed by atoms with E-state index in [0.717, 1.165) is 42.4 Å². The molecule has 3 rings (SSSR count). The van der Waals surface area contributed by atoms with Crippen molar-refractivity contribution < 1.29 is 14.3 Å². The minimum absolute atomic E-state index is 0. The van der Waals surface area contributed by atoms with Crippen molar-refractivity contribution >= 4 is 18.3 Å². The fraction of sp³-hybridized carbons (Fsp3) is 0.632. The van der Waals surface area contributed by atoms with Crippen LogP contribution in [0.1, 0.15) is 44.1 Å². The Balaban J connectivity index is 0.00000225. The number of hydrogen-bond acceptors (Lipinski definition) is 4. The van der Waals surface area contributed by atoms with Crippen LogP contribution in [0.5, 0.6) is 11.5 Å². The molecule has 140 valence electrons. The highest BCUT2D eigenvalue weighted by Gasteiger charge is 2.21. The predicted octanol–water partition coefficient (Wildman–Crippen LogP) is 3.05. The monoisotopic (exact) mass is 368 g/mol. The molecule has 25 heavy (non-hydrogen) atoms. The Morgan fingerprint density at radius 1 is 1.20 bits per heavy atom. The Bertz CT molecular complexity index is 558. The summed E-state index contributed by atoms with van der Waals surface area (Å²) in [6, 6.07) is 5.81. The first-order valence-electron chi connectivity index (χ1n) is 9.05. The first kappa shape index (κ1) is 19.9. The number of benzene rings is 1. The third kappa shape index (κ3) is 6.40. The second-order valence-electron chi connectivity index (χ2n) is 6.85. The van der Waals surface area contributed by atoms with Crippen LogP contribution in [0.4, 0.5) is 0 Å². The van der Waals surface area contributed by atoms with E-state index < -0.39 is 0 Å². The Hall–Kier alpha value is -1.46. The van der Waals surface area contributed by atoms with Crippen molar-refractivity contribution in [3.63, 3.8) is 0 Å². The van der Waals surface area contributed by atoms with Gasteiger partial charge in [-0.15, -0.1) is 12.4 Å². The molecule has 0 unspecified atom stereocenters. The number of methoxy groups -OCH3 is 1. The number of ether oxygens (including phenoxy) is 2. The normalized spacial score (nSPS) is 17.0. The van der Waals surface area contributed by atoms with E-state index in [2.05, 4.69) is 10.6 Å². The molecule has 0 radical (unpaired) electrons. The molecule has 0 heterocycles. The molecule has 0 aliphatic heterocycles. The van der Waals surface area contributed by atoms with E-state index >= 15 is 0 Å². The highest BCUT2D eigenvalue weighted by molar-refractivity contribution is 5.85. The van der Waals surface area contributed by atoms with Gasteiger partial charge in [0.1, 0.15) is 11.5 Å². The zero-order chi connectivity index (χ0) is 16.8. The van der Waals surface area contributed by atoms with Crippen LogP contribution in [0, 0.1) is 5.92 Å². The summed E-state index contributed by atoms with van der Waals surface area (Å²) in [5.74, 6) is 2.42. The average Bonchev–Trinajstić information content (AvgIpc) is 3.27. The summed E-state index contributed by atoms with van der Waals surface area (Å²) in [7, 11) is 1.65. The smallest absolute Gasteiger partial charge is 0.234 e. The standard InChI is InChI=1S/C19H28N2O3.ClH/c1-23-17-9-8-15(18(10-17)24-16-4-2-3-5-16)12-21-19(22)13-20-11-14-6-7-14;/h8-10,14,16,20H,2-7,11-13H2,1H3,(H,21,22);1H. The number of nitrogens with one attached hydrogen (secondary N) is 2. The van der Waals surface area contributed by atoms with Crippen LogP contribution < -0.4 is 20.1 Å². The van der Waals surface area contributed by atoms with Crippen LogP contribution in [0.25, 0.3) is 0 Å². The molecule has 0 aromatic heterocycles. The fourth-order valence-electron chi connectivity index (χ4n) is 3.07. The van der Waals surface area contributed by atoms with Crippen LogP contribution in [0.2, 0.25) is 0 Å². The largest absolute Gasteiger partial charge is 0.497 e. The molecule has 2 aliphatic rings. The number of carbonyl (C=O) groups excluding carboxylic acids is 1. The van der Waals surface area contributed by atoms with Gasteiger partial charge in [-0.05, 0) is 63.1 Å². The van der Waals surface area contributed by atoms with Gasteiger partial charge in [0.05, 0.1) is 19.8 Å². The lowest BCUT2D eigenvalue weighted by Crippen LogP contribution is -2.34. The second kappa shape index (κ2) is 9.88. The molecule has 0 atom stereocenters. The molecule has 2 aliphatic carbocycles. The molecule has 1 aromatic rings. The van der Waals surface area contributed by atoms with E-state index in [9.17, 15) is 4.79 Å². The third-order valence-electron chi connectivity index (χ3n) is 4.76. The summed E-state index contributed by atoms with van der Waals surface area (Å²) in [4.78, 5) is 12.0. The zero-order valence-corrected chi connectivity index (χ0v) is 15.7. The van der Waals surface area contributed by atoms with Gasteiger partial charge in [-0.25, -0.2) is 0 Å². The van der Waals surface area contributed by atoms with Crippen LogP contribution >= 0.6 is 12.4 Å². The van der Waals surface area contributed by atoms with Crippen LogP contribution in [0.15, 0.2) is 18.2 Å². The summed E-state index contributed by atoms with van der Waals surface area (Å²) in [6.45, 7) is 1.81. The molecular formula is C19H29ClN2O3. The minimum Gasteiger partial charge on any atom is -0.497 e. The Labute approximate surface area is 156 Å². The van der Waals surface area contributed by atoms with Crippen molar-refractivity contribution in [2.24, 2.45) is 5.92 Å². The molecule has 2 fully saturated rings. The van der Waals surface area contributed by atoms with Crippen LogP contribution in [-0.2, 0) is 11.3 Å². The van der Waals surface area contributed by atoms with Gasteiger partial charge >= 0.3 is 0 Å². The maximum absolute atomic E-state index is 12.0. The molecule has 0 spiro atoms. The first-order valence-corrected chi connectivity index (χ1v) is 9.05. The van der Waals surface area contributed by atoms with E-state index in [1.165, 1.54) is 25.7 Å². The molecular weight excluding hydrogens is 340 g/mol.